The van der Waals surface area contributed by atoms with Crippen molar-refractivity contribution in [3.8, 4) is 5.75 Å². The number of benzene rings is 1. The van der Waals surface area contributed by atoms with E-state index in [9.17, 15) is 9.90 Å². The van der Waals surface area contributed by atoms with Gasteiger partial charge in [0.2, 0.25) is 0 Å². The Morgan fingerprint density at radius 3 is 2.94 bits per heavy atom. The number of phenols is 1. The summed E-state index contributed by atoms with van der Waals surface area (Å²) in [6, 6.07) is 4.05. The first-order valence-electron chi connectivity index (χ1n) is 5.09. The molecular weight excluding hydrogens is 222 g/mol. The lowest BCUT2D eigenvalue weighted by Crippen LogP contribution is -2.42. The molecule has 6 N–H and O–H groups in total. The van der Waals surface area contributed by atoms with Crippen LogP contribution in [0.25, 0.3) is 10.9 Å². The molecule has 1 aromatic heterocycles. The predicted molar refractivity (Wildman–Crippen MR) is 62.4 cm³/mol. The van der Waals surface area contributed by atoms with Gasteiger partial charge in [0.1, 0.15) is 11.8 Å². The van der Waals surface area contributed by atoms with E-state index in [1.807, 2.05) is 0 Å². The minimum atomic E-state index is -1.01. The number of hydrazine groups is 1. The fraction of sp³-hybridized carbons (Fsp3) is 0.182. The van der Waals surface area contributed by atoms with E-state index in [-0.39, 0.29) is 12.2 Å². The summed E-state index contributed by atoms with van der Waals surface area (Å²) in [6.07, 6.45) is 1.96. The fourth-order valence-electron chi connectivity index (χ4n) is 1.77. The number of fused-ring (bicyclic) bond motifs is 1. The molecule has 0 saturated heterocycles. The maximum atomic E-state index is 10.9. The molecule has 0 aliphatic carbocycles. The molecule has 0 fully saturated rings. The van der Waals surface area contributed by atoms with Crippen LogP contribution in [0.3, 0.4) is 0 Å². The summed E-state index contributed by atoms with van der Waals surface area (Å²) >= 11 is 0. The zero-order chi connectivity index (χ0) is 12.4. The Morgan fingerprint density at radius 2 is 2.29 bits per heavy atom. The number of aromatic nitrogens is 1. The molecule has 0 aliphatic rings. The zero-order valence-corrected chi connectivity index (χ0v) is 8.97. The molecule has 0 spiro atoms. The average Bonchev–Trinajstić information content (AvgIpc) is 2.68. The van der Waals surface area contributed by atoms with E-state index in [0.717, 1.165) is 16.5 Å². The highest BCUT2D eigenvalue weighted by atomic mass is 16.4. The van der Waals surface area contributed by atoms with Crippen LogP contribution < -0.4 is 11.3 Å². The van der Waals surface area contributed by atoms with Crippen LogP contribution in [0, 0.1) is 0 Å². The molecular formula is C11H13N3O3. The van der Waals surface area contributed by atoms with Crippen LogP contribution in [0.2, 0.25) is 0 Å². The van der Waals surface area contributed by atoms with Gasteiger partial charge >= 0.3 is 5.97 Å². The Morgan fingerprint density at radius 1 is 1.53 bits per heavy atom. The van der Waals surface area contributed by atoms with Crippen molar-refractivity contribution >= 4 is 16.9 Å². The summed E-state index contributed by atoms with van der Waals surface area (Å²) in [6.45, 7) is 0. The molecule has 90 valence electrons. The van der Waals surface area contributed by atoms with Gasteiger partial charge in [-0.3, -0.25) is 10.6 Å². The number of rotatable bonds is 4. The maximum absolute atomic E-state index is 10.9. The average molecular weight is 235 g/mol. The quantitative estimate of drug-likeness (QED) is 0.387. The maximum Gasteiger partial charge on any atom is 0.322 e. The van der Waals surface area contributed by atoms with E-state index < -0.39 is 12.0 Å². The monoisotopic (exact) mass is 235 g/mol. The lowest BCUT2D eigenvalue weighted by molar-refractivity contribution is -0.139. The van der Waals surface area contributed by atoms with Gasteiger partial charge < -0.3 is 15.2 Å². The number of aliphatic carboxylic acids is 1. The normalized spacial score (nSPS) is 12.8. The second-order valence-electron chi connectivity index (χ2n) is 3.81. The minimum Gasteiger partial charge on any atom is -0.508 e. The van der Waals surface area contributed by atoms with Crippen LogP contribution in [-0.4, -0.2) is 27.2 Å². The number of phenolic OH excluding ortho intramolecular Hbond substituents is 1. The third-order valence-corrected chi connectivity index (χ3v) is 2.67. The van der Waals surface area contributed by atoms with Gasteiger partial charge in [-0.25, -0.2) is 5.43 Å². The molecule has 17 heavy (non-hydrogen) atoms. The Balaban J connectivity index is 2.35. The van der Waals surface area contributed by atoms with Crippen molar-refractivity contribution in [3.05, 3.63) is 30.0 Å². The van der Waals surface area contributed by atoms with Crippen molar-refractivity contribution in [2.45, 2.75) is 12.5 Å². The molecule has 1 unspecified atom stereocenters. The van der Waals surface area contributed by atoms with Gasteiger partial charge in [-0.15, -0.1) is 0 Å². The molecule has 2 aromatic rings. The lowest BCUT2D eigenvalue weighted by atomic mass is 10.1. The number of carboxylic acid groups (broad SMARTS) is 1. The van der Waals surface area contributed by atoms with E-state index >= 15 is 0 Å². The van der Waals surface area contributed by atoms with Gasteiger partial charge in [0.15, 0.2) is 0 Å². The summed E-state index contributed by atoms with van der Waals surface area (Å²) in [5, 5.41) is 19.1. The lowest BCUT2D eigenvalue weighted by Gasteiger charge is -2.09. The molecule has 0 bridgehead atoms. The number of aromatic hydroxyl groups is 1. The summed E-state index contributed by atoms with van der Waals surface area (Å²) in [7, 11) is 0. The van der Waals surface area contributed by atoms with Crippen molar-refractivity contribution in [1.29, 1.82) is 0 Å². The molecule has 0 amide bonds. The zero-order valence-electron chi connectivity index (χ0n) is 8.97. The first-order valence-corrected chi connectivity index (χ1v) is 5.09. The highest BCUT2D eigenvalue weighted by Gasteiger charge is 2.17. The predicted octanol–water partition coefficient (Wildman–Crippen LogP) is 0.332. The van der Waals surface area contributed by atoms with Crippen molar-refractivity contribution < 1.29 is 15.0 Å². The second-order valence-corrected chi connectivity index (χ2v) is 3.81. The molecule has 1 aromatic carbocycles. The topological polar surface area (TPSA) is 111 Å². The number of hydrogen-bond donors (Lipinski definition) is 5. The van der Waals surface area contributed by atoms with Crippen molar-refractivity contribution in [3.63, 3.8) is 0 Å². The second kappa shape index (κ2) is 4.44. The third kappa shape index (κ3) is 2.22. The molecule has 0 radical (unpaired) electrons. The number of carboxylic acids is 1. The number of hydrogen-bond acceptors (Lipinski definition) is 4. The fourth-order valence-corrected chi connectivity index (χ4v) is 1.77. The number of nitrogens with one attached hydrogen (secondary N) is 2. The molecule has 6 heteroatoms. The van der Waals surface area contributed by atoms with Crippen molar-refractivity contribution in [1.82, 2.24) is 10.4 Å². The molecule has 1 atom stereocenters. The van der Waals surface area contributed by atoms with Crippen LogP contribution >= 0.6 is 0 Å². The Kier molecular flexibility index (Phi) is 2.99. The Hall–Kier alpha value is -2.05. The third-order valence-electron chi connectivity index (χ3n) is 2.67. The van der Waals surface area contributed by atoms with E-state index in [4.69, 9.17) is 10.9 Å². The summed E-state index contributed by atoms with van der Waals surface area (Å²) in [5.41, 5.74) is 3.88. The van der Waals surface area contributed by atoms with Crippen LogP contribution in [-0.2, 0) is 11.2 Å². The van der Waals surface area contributed by atoms with Gasteiger partial charge in [-0.2, -0.15) is 0 Å². The summed E-state index contributed by atoms with van der Waals surface area (Å²) in [4.78, 5) is 13.9. The molecule has 1 heterocycles. The van der Waals surface area contributed by atoms with Gasteiger partial charge in [0.05, 0.1) is 0 Å². The molecule has 6 nitrogen and oxygen atoms in total. The van der Waals surface area contributed by atoms with Gasteiger partial charge in [0.25, 0.3) is 0 Å². The Bertz CT molecular complexity index is 550. The van der Waals surface area contributed by atoms with Crippen LogP contribution in [0.4, 0.5) is 0 Å². The van der Waals surface area contributed by atoms with E-state index in [0.29, 0.717) is 0 Å². The number of aromatic amines is 1. The van der Waals surface area contributed by atoms with Gasteiger partial charge in [-0.1, -0.05) is 0 Å². The Labute approximate surface area is 97.0 Å². The first-order chi connectivity index (χ1) is 8.11. The minimum absolute atomic E-state index is 0.144. The number of H-pyrrole nitrogens is 1. The SMILES string of the molecule is NNC(Cc1c[nH]c2ccc(O)cc12)C(=O)O. The highest BCUT2D eigenvalue weighted by Crippen LogP contribution is 2.23. The van der Waals surface area contributed by atoms with Gasteiger partial charge in [-0.05, 0) is 23.8 Å². The van der Waals surface area contributed by atoms with Crippen LogP contribution in [0.15, 0.2) is 24.4 Å². The smallest absolute Gasteiger partial charge is 0.322 e. The first kappa shape index (κ1) is 11.4. The van der Waals surface area contributed by atoms with E-state index in [2.05, 4.69) is 10.4 Å². The van der Waals surface area contributed by atoms with Crippen LogP contribution in [0.1, 0.15) is 5.56 Å². The summed E-state index contributed by atoms with van der Waals surface area (Å²) < 4.78 is 0. The molecule has 2 rings (SSSR count). The van der Waals surface area contributed by atoms with Gasteiger partial charge in [0, 0.05) is 23.5 Å². The molecule has 0 aliphatic heterocycles. The number of nitrogens with two attached hydrogens (primary N) is 1. The van der Waals surface area contributed by atoms with Crippen LogP contribution in [0.5, 0.6) is 5.75 Å². The van der Waals surface area contributed by atoms with E-state index in [1.54, 1.807) is 24.4 Å². The largest absolute Gasteiger partial charge is 0.508 e. The number of carbonyl (C=O) groups is 1. The molecule has 0 saturated carbocycles. The van der Waals surface area contributed by atoms with Crippen molar-refractivity contribution in [2.75, 3.05) is 0 Å². The highest BCUT2D eigenvalue weighted by molar-refractivity contribution is 5.85. The standard InChI is InChI=1S/C11H13N3O3/c12-14-10(11(16)17)3-6-5-13-9-2-1-7(15)4-8(6)9/h1-2,4-5,10,13-15H,3,12H2,(H,16,17). The van der Waals surface area contributed by atoms with E-state index in [1.165, 1.54) is 0 Å². The van der Waals surface area contributed by atoms with Crippen molar-refractivity contribution in [2.24, 2.45) is 5.84 Å². The summed E-state index contributed by atoms with van der Waals surface area (Å²) in [5.74, 6) is 4.31.